The van der Waals surface area contributed by atoms with Crippen molar-refractivity contribution in [2.24, 2.45) is 23.7 Å². The molecule has 2 fully saturated rings. The van der Waals surface area contributed by atoms with Gasteiger partial charge in [-0.2, -0.15) is 0 Å². The van der Waals surface area contributed by atoms with Gasteiger partial charge in [-0.15, -0.1) is 0 Å². The fourth-order valence-corrected chi connectivity index (χ4v) is 4.65. The molecule has 0 heterocycles. The molecule has 0 bridgehead atoms. The fraction of sp³-hybridized carbons (Fsp3) is 0.857. The van der Waals surface area contributed by atoms with E-state index in [0.29, 0.717) is 12.5 Å². The van der Waals surface area contributed by atoms with Gasteiger partial charge in [0.25, 0.3) is 0 Å². The molecule has 0 unspecified atom stereocenters. The number of allylic oxidation sites excluding steroid dienone is 1. The first-order valence-corrected chi connectivity index (χ1v) is 10.1. The molecule has 132 valence electrons. The van der Waals surface area contributed by atoms with Gasteiger partial charge in [-0.05, 0) is 69.1 Å². The molecule has 0 aromatic heterocycles. The molecule has 0 spiro atoms. The number of hydrogen-bond acceptors (Lipinski definition) is 2. The second kappa shape index (κ2) is 10.2. The highest BCUT2D eigenvalue weighted by molar-refractivity contribution is 5.81. The van der Waals surface area contributed by atoms with Crippen LogP contribution in [0.2, 0.25) is 0 Å². The van der Waals surface area contributed by atoms with Crippen LogP contribution >= 0.6 is 0 Å². The van der Waals surface area contributed by atoms with Crippen LogP contribution in [0.4, 0.5) is 0 Å². The number of rotatable bonds is 7. The number of unbranched alkanes of at least 4 members (excludes halogenated alkanes) is 1. The van der Waals surface area contributed by atoms with Crippen LogP contribution in [0.3, 0.4) is 0 Å². The number of hydrogen-bond donors (Lipinski definition) is 0. The Kier molecular flexibility index (Phi) is 8.19. The standard InChI is InChI=1S/C21H36O2/c1-3-5-6-17-7-12-19(13-8-17)20-14-9-18(10-15-20)11-16-21(22)23-4-2/h11,16-20H,3-10,12-15H2,1-2H3/b16-11+. The first-order chi connectivity index (χ1) is 11.2. The Hall–Kier alpha value is -0.790. The molecule has 2 rings (SSSR count). The molecular formula is C21H36O2. The van der Waals surface area contributed by atoms with Crippen molar-refractivity contribution >= 4 is 5.97 Å². The third kappa shape index (κ3) is 6.31. The highest BCUT2D eigenvalue weighted by atomic mass is 16.5. The van der Waals surface area contributed by atoms with E-state index in [-0.39, 0.29) is 5.97 Å². The van der Waals surface area contributed by atoms with Crippen LogP contribution in [0.5, 0.6) is 0 Å². The maximum Gasteiger partial charge on any atom is 0.330 e. The zero-order chi connectivity index (χ0) is 16.5. The summed E-state index contributed by atoms with van der Waals surface area (Å²) in [5, 5.41) is 0. The van der Waals surface area contributed by atoms with Gasteiger partial charge in [0.1, 0.15) is 0 Å². The quantitative estimate of drug-likeness (QED) is 0.430. The lowest BCUT2D eigenvalue weighted by molar-refractivity contribution is -0.137. The van der Waals surface area contributed by atoms with Crippen molar-refractivity contribution in [3.8, 4) is 0 Å². The summed E-state index contributed by atoms with van der Waals surface area (Å²) in [6.45, 7) is 4.63. The van der Waals surface area contributed by atoms with Crippen LogP contribution in [0.25, 0.3) is 0 Å². The minimum absolute atomic E-state index is 0.181. The molecule has 0 saturated heterocycles. The molecule has 0 N–H and O–H groups in total. The average molecular weight is 321 g/mol. The molecule has 2 aliphatic carbocycles. The van der Waals surface area contributed by atoms with E-state index in [4.69, 9.17) is 4.74 Å². The van der Waals surface area contributed by atoms with Crippen molar-refractivity contribution in [3.63, 3.8) is 0 Å². The fourth-order valence-electron chi connectivity index (χ4n) is 4.65. The van der Waals surface area contributed by atoms with Crippen LogP contribution in [0.15, 0.2) is 12.2 Å². The van der Waals surface area contributed by atoms with E-state index in [1.54, 1.807) is 6.08 Å². The summed E-state index contributed by atoms with van der Waals surface area (Å²) in [4.78, 5) is 11.4. The largest absolute Gasteiger partial charge is 0.463 e. The summed E-state index contributed by atoms with van der Waals surface area (Å²) >= 11 is 0. The minimum Gasteiger partial charge on any atom is -0.463 e. The van der Waals surface area contributed by atoms with Crippen LogP contribution in [-0.4, -0.2) is 12.6 Å². The molecule has 0 amide bonds. The van der Waals surface area contributed by atoms with Gasteiger partial charge in [0.2, 0.25) is 0 Å². The lowest BCUT2D eigenvalue weighted by Gasteiger charge is -2.37. The molecule has 2 aliphatic rings. The summed E-state index contributed by atoms with van der Waals surface area (Å²) in [6.07, 6.45) is 19.1. The van der Waals surface area contributed by atoms with Gasteiger partial charge in [-0.25, -0.2) is 4.79 Å². The van der Waals surface area contributed by atoms with E-state index in [0.717, 1.165) is 17.8 Å². The maximum absolute atomic E-state index is 11.4. The van der Waals surface area contributed by atoms with E-state index >= 15 is 0 Å². The smallest absolute Gasteiger partial charge is 0.330 e. The van der Waals surface area contributed by atoms with E-state index in [9.17, 15) is 4.79 Å². The molecule has 2 heteroatoms. The van der Waals surface area contributed by atoms with Crippen LogP contribution < -0.4 is 0 Å². The molecule has 0 radical (unpaired) electrons. The summed E-state index contributed by atoms with van der Waals surface area (Å²) in [5.74, 6) is 3.38. The maximum atomic E-state index is 11.4. The third-order valence-corrected chi connectivity index (χ3v) is 6.13. The lowest BCUT2D eigenvalue weighted by atomic mass is 9.68. The van der Waals surface area contributed by atoms with Gasteiger partial charge < -0.3 is 4.74 Å². The number of esters is 1. The monoisotopic (exact) mass is 320 g/mol. The van der Waals surface area contributed by atoms with E-state index in [1.807, 2.05) is 6.92 Å². The van der Waals surface area contributed by atoms with Crippen molar-refractivity contribution in [2.45, 2.75) is 84.5 Å². The Labute approximate surface area is 143 Å². The number of carbonyl (C=O) groups excluding carboxylic acids is 1. The first-order valence-electron chi connectivity index (χ1n) is 10.1. The van der Waals surface area contributed by atoms with Crippen LogP contribution in [0.1, 0.15) is 84.5 Å². The summed E-state index contributed by atoms with van der Waals surface area (Å²) in [7, 11) is 0. The topological polar surface area (TPSA) is 26.3 Å². The summed E-state index contributed by atoms with van der Waals surface area (Å²) in [6, 6.07) is 0. The molecule has 23 heavy (non-hydrogen) atoms. The zero-order valence-electron chi connectivity index (χ0n) is 15.3. The predicted molar refractivity (Wildman–Crippen MR) is 96.2 cm³/mol. The van der Waals surface area contributed by atoms with Gasteiger partial charge >= 0.3 is 5.97 Å². The highest BCUT2D eigenvalue weighted by Gasteiger charge is 2.30. The zero-order valence-corrected chi connectivity index (χ0v) is 15.3. The second-order valence-corrected chi connectivity index (χ2v) is 7.71. The normalized spacial score (nSPS) is 32.1. The van der Waals surface area contributed by atoms with Gasteiger partial charge in [0.15, 0.2) is 0 Å². The average Bonchev–Trinajstić information content (AvgIpc) is 2.59. The van der Waals surface area contributed by atoms with E-state index in [1.165, 1.54) is 70.6 Å². The Balaban J connectivity index is 1.66. The van der Waals surface area contributed by atoms with Crippen molar-refractivity contribution in [2.75, 3.05) is 6.61 Å². The van der Waals surface area contributed by atoms with Gasteiger partial charge in [-0.1, -0.05) is 45.1 Å². The summed E-state index contributed by atoms with van der Waals surface area (Å²) in [5.41, 5.74) is 0. The molecular weight excluding hydrogens is 284 g/mol. The van der Waals surface area contributed by atoms with Crippen molar-refractivity contribution in [1.29, 1.82) is 0 Å². The Morgan fingerprint density at radius 1 is 0.957 bits per heavy atom. The molecule has 0 aromatic rings. The van der Waals surface area contributed by atoms with Crippen molar-refractivity contribution in [1.82, 2.24) is 0 Å². The summed E-state index contributed by atoms with van der Waals surface area (Å²) < 4.78 is 4.96. The molecule has 0 aliphatic heterocycles. The molecule has 2 nitrogen and oxygen atoms in total. The molecule has 0 aromatic carbocycles. The Morgan fingerprint density at radius 2 is 1.57 bits per heavy atom. The number of ether oxygens (including phenoxy) is 1. The van der Waals surface area contributed by atoms with Gasteiger partial charge in [0.05, 0.1) is 6.61 Å². The highest BCUT2D eigenvalue weighted by Crippen LogP contribution is 2.42. The van der Waals surface area contributed by atoms with E-state index < -0.39 is 0 Å². The SMILES string of the molecule is CCCCC1CCC(C2CCC(/C=C/C(=O)OCC)CC2)CC1. The second-order valence-electron chi connectivity index (χ2n) is 7.71. The van der Waals surface area contributed by atoms with Gasteiger partial charge in [0, 0.05) is 6.08 Å². The third-order valence-electron chi connectivity index (χ3n) is 6.13. The number of carbonyl (C=O) groups is 1. The Bertz CT molecular complexity index is 358. The Morgan fingerprint density at radius 3 is 2.13 bits per heavy atom. The first kappa shape index (κ1) is 18.5. The molecule has 0 atom stereocenters. The molecule has 2 saturated carbocycles. The minimum atomic E-state index is -0.181. The van der Waals surface area contributed by atoms with Crippen molar-refractivity contribution < 1.29 is 9.53 Å². The van der Waals surface area contributed by atoms with Crippen molar-refractivity contribution in [3.05, 3.63) is 12.2 Å². The van der Waals surface area contributed by atoms with Crippen LogP contribution in [0, 0.1) is 23.7 Å². The lowest BCUT2D eigenvalue weighted by Crippen LogP contribution is -2.25. The van der Waals surface area contributed by atoms with E-state index in [2.05, 4.69) is 13.0 Å². The predicted octanol–water partition coefficient (Wildman–Crippen LogP) is 5.91. The van der Waals surface area contributed by atoms with Gasteiger partial charge in [-0.3, -0.25) is 0 Å². The van der Waals surface area contributed by atoms with Crippen LogP contribution in [-0.2, 0) is 9.53 Å².